The monoisotopic (exact) mass is 514 g/mol. The second-order valence-electron chi connectivity index (χ2n) is 11.8. The highest BCUT2D eigenvalue weighted by Gasteiger charge is 2.25. The molecule has 2 aliphatic carbocycles. The highest BCUT2D eigenvalue weighted by molar-refractivity contribution is 5.68. The summed E-state index contributed by atoms with van der Waals surface area (Å²) in [6.07, 6.45) is 15.8. The average molecular weight is 515 g/mol. The predicted molar refractivity (Wildman–Crippen MR) is 153 cm³/mol. The van der Waals surface area contributed by atoms with Gasteiger partial charge in [0.25, 0.3) is 0 Å². The van der Waals surface area contributed by atoms with Crippen LogP contribution < -0.4 is 9.47 Å². The minimum Gasteiger partial charge on any atom is -0.491 e. The fourth-order valence-corrected chi connectivity index (χ4v) is 6.01. The zero-order valence-electron chi connectivity index (χ0n) is 23.0. The van der Waals surface area contributed by atoms with Crippen molar-refractivity contribution in [2.24, 2.45) is 11.8 Å². The Hall–Kier alpha value is -2.56. The smallest absolute Gasteiger partial charge is 0.122 e. The summed E-state index contributed by atoms with van der Waals surface area (Å²) in [6.45, 7) is 7.32. The largest absolute Gasteiger partial charge is 0.491 e. The van der Waals surface area contributed by atoms with Gasteiger partial charge in [-0.3, -0.25) is 0 Å². The van der Waals surface area contributed by atoms with Gasteiger partial charge < -0.3 is 18.9 Å². The van der Waals surface area contributed by atoms with E-state index < -0.39 is 0 Å². The van der Waals surface area contributed by atoms with Gasteiger partial charge in [0, 0.05) is 0 Å². The molecule has 0 N–H and O–H groups in total. The van der Waals surface area contributed by atoms with Crippen LogP contribution in [0.25, 0.3) is 11.1 Å². The molecule has 4 aliphatic rings. The van der Waals surface area contributed by atoms with Crippen molar-refractivity contribution in [3.8, 4) is 11.5 Å². The van der Waals surface area contributed by atoms with Gasteiger partial charge in [0.05, 0.1) is 13.2 Å². The van der Waals surface area contributed by atoms with E-state index in [9.17, 15) is 0 Å². The molecular formula is C34H42O4. The molecule has 4 nitrogen and oxygen atoms in total. The van der Waals surface area contributed by atoms with Crippen LogP contribution in [0.3, 0.4) is 0 Å². The minimum absolute atomic E-state index is 0.300. The zero-order chi connectivity index (χ0) is 25.9. The maximum absolute atomic E-state index is 5.91. The Balaban J connectivity index is 0.953. The first kappa shape index (κ1) is 25.7. The second kappa shape index (κ2) is 11.7. The van der Waals surface area contributed by atoms with E-state index >= 15 is 0 Å². The third-order valence-electron chi connectivity index (χ3n) is 8.77. The van der Waals surface area contributed by atoms with Gasteiger partial charge in [0.1, 0.15) is 36.9 Å². The number of benzene rings is 2. The van der Waals surface area contributed by atoms with Crippen molar-refractivity contribution in [2.75, 3.05) is 26.4 Å². The van der Waals surface area contributed by atoms with E-state index in [2.05, 4.69) is 62.4 Å². The van der Waals surface area contributed by atoms with Crippen LogP contribution in [0.1, 0.15) is 73.6 Å². The lowest BCUT2D eigenvalue weighted by Gasteiger charge is -2.26. The molecule has 2 heterocycles. The first-order chi connectivity index (χ1) is 18.6. The molecule has 0 bridgehead atoms. The maximum atomic E-state index is 5.91. The van der Waals surface area contributed by atoms with Gasteiger partial charge in [-0.15, -0.1) is 0 Å². The molecule has 0 spiro atoms. The summed E-state index contributed by atoms with van der Waals surface area (Å²) in [6, 6.07) is 13.3. The number of hydrogen-bond acceptors (Lipinski definition) is 4. The van der Waals surface area contributed by atoms with E-state index in [1.165, 1.54) is 84.8 Å². The standard InChI is InChI=1S/C34H42O4/c1-23-17-29(13-15-33(23)37-21-31-19-35-31)27-9-5-25(6-10-27)3-4-26-7-11-28(12-8-26)30-14-16-34(24(2)18-30)38-22-32-20-36-32/h9,11,13-18,25-26,31-32H,3-8,10,12,19-22H2,1-2H3. The summed E-state index contributed by atoms with van der Waals surface area (Å²) in [5.74, 6) is 3.65. The first-order valence-electron chi connectivity index (χ1n) is 14.7. The summed E-state index contributed by atoms with van der Waals surface area (Å²) < 4.78 is 22.3. The second-order valence-corrected chi connectivity index (χ2v) is 11.8. The van der Waals surface area contributed by atoms with E-state index in [1.807, 2.05) is 0 Å². The molecular weight excluding hydrogens is 472 g/mol. The Labute approximate surface area is 228 Å². The molecule has 4 atom stereocenters. The van der Waals surface area contributed by atoms with Crippen molar-refractivity contribution in [3.63, 3.8) is 0 Å². The lowest BCUT2D eigenvalue weighted by Crippen LogP contribution is -2.11. The summed E-state index contributed by atoms with van der Waals surface area (Å²) in [5.41, 5.74) is 8.21. The van der Waals surface area contributed by atoms with Gasteiger partial charge in [-0.05, 0) is 135 Å². The molecule has 2 aromatic rings. The summed E-state index contributed by atoms with van der Waals surface area (Å²) >= 11 is 0. The summed E-state index contributed by atoms with van der Waals surface area (Å²) in [7, 11) is 0. The Morgan fingerprint density at radius 1 is 0.684 bits per heavy atom. The SMILES string of the molecule is Cc1cc(C2=CCC(CCC3CC=C(c4ccc(OCC5CO5)c(C)c4)CC3)CC2)ccc1OCC1CO1. The molecule has 4 unspecified atom stereocenters. The van der Waals surface area contributed by atoms with Crippen molar-refractivity contribution in [3.05, 3.63) is 70.8 Å². The van der Waals surface area contributed by atoms with Crippen LogP contribution in [0.2, 0.25) is 0 Å². The van der Waals surface area contributed by atoms with Crippen molar-refractivity contribution in [1.82, 2.24) is 0 Å². The van der Waals surface area contributed by atoms with Crippen LogP contribution >= 0.6 is 0 Å². The Morgan fingerprint density at radius 2 is 1.13 bits per heavy atom. The van der Waals surface area contributed by atoms with Crippen molar-refractivity contribution in [1.29, 1.82) is 0 Å². The summed E-state index contributed by atoms with van der Waals surface area (Å²) in [4.78, 5) is 0. The van der Waals surface area contributed by atoms with Gasteiger partial charge in [0.2, 0.25) is 0 Å². The molecule has 38 heavy (non-hydrogen) atoms. The highest BCUT2D eigenvalue weighted by Crippen LogP contribution is 2.38. The van der Waals surface area contributed by atoms with Crippen molar-refractivity contribution < 1.29 is 18.9 Å². The van der Waals surface area contributed by atoms with Crippen molar-refractivity contribution in [2.45, 2.75) is 77.4 Å². The quantitative estimate of drug-likeness (QED) is 0.288. The third kappa shape index (κ3) is 6.71. The van der Waals surface area contributed by atoms with Crippen LogP contribution in [-0.2, 0) is 9.47 Å². The number of epoxide rings is 2. The number of aryl methyl sites for hydroxylation is 2. The van der Waals surface area contributed by atoms with Crippen LogP contribution in [0.15, 0.2) is 48.6 Å². The maximum Gasteiger partial charge on any atom is 0.122 e. The Morgan fingerprint density at radius 3 is 1.47 bits per heavy atom. The minimum atomic E-state index is 0.300. The van der Waals surface area contributed by atoms with Crippen LogP contribution in [0, 0.1) is 25.7 Å². The third-order valence-corrected chi connectivity index (χ3v) is 8.77. The summed E-state index contributed by atoms with van der Waals surface area (Å²) in [5, 5.41) is 0. The number of hydrogen-bond donors (Lipinski definition) is 0. The number of ether oxygens (including phenoxy) is 4. The molecule has 0 amide bonds. The Kier molecular flexibility index (Phi) is 7.90. The molecule has 2 aliphatic heterocycles. The average Bonchev–Trinajstić information content (AvgIpc) is 3.87. The molecule has 0 radical (unpaired) electrons. The molecule has 2 fully saturated rings. The van der Waals surface area contributed by atoms with Crippen LogP contribution in [0.4, 0.5) is 0 Å². The normalized spacial score (nSPS) is 26.4. The van der Waals surface area contributed by atoms with Gasteiger partial charge in [0.15, 0.2) is 0 Å². The molecule has 0 aromatic heterocycles. The van der Waals surface area contributed by atoms with E-state index in [0.29, 0.717) is 25.4 Å². The molecule has 0 saturated carbocycles. The number of allylic oxidation sites excluding steroid dienone is 4. The van der Waals surface area contributed by atoms with Crippen LogP contribution in [0.5, 0.6) is 11.5 Å². The van der Waals surface area contributed by atoms with E-state index in [1.54, 1.807) is 0 Å². The lowest BCUT2D eigenvalue weighted by molar-refractivity contribution is 0.262. The molecule has 2 aromatic carbocycles. The fraction of sp³-hybridized carbons (Fsp3) is 0.529. The van der Waals surface area contributed by atoms with Crippen molar-refractivity contribution >= 4 is 11.1 Å². The van der Waals surface area contributed by atoms with Gasteiger partial charge in [-0.1, -0.05) is 24.3 Å². The number of rotatable bonds is 11. The first-order valence-corrected chi connectivity index (χ1v) is 14.7. The van der Waals surface area contributed by atoms with Gasteiger partial charge in [-0.2, -0.15) is 0 Å². The lowest BCUT2D eigenvalue weighted by atomic mass is 9.79. The molecule has 2 saturated heterocycles. The Bertz CT molecular complexity index is 1090. The highest BCUT2D eigenvalue weighted by atomic mass is 16.6. The topological polar surface area (TPSA) is 43.5 Å². The molecule has 6 rings (SSSR count). The predicted octanol–water partition coefficient (Wildman–Crippen LogP) is 7.71. The van der Waals surface area contributed by atoms with E-state index in [0.717, 1.165) is 36.5 Å². The van der Waals surface area contributed by atoms with E-state index in [-0.39, 0.29) is 0 Å². The zero-order valence-corrected chi connectivity index (χ0v) is 23.0. The molecule has 202 valence electrons. The van der Waals surface area contributed by atoms with Gasteiger partial charge in [-0.25, -0.2) is 0 Å². The van der Waals surface area contributed by atoms with Gasteiger partial charge >= 0.3 is 0 Å². The van der Waals surface area contributed by atoms with Crippen LogP contribution in [-0.4, -0.2) is 38.6 Å². The van der Waals surface area contributed by atoms with E-state index in [4.69, 9.17) is 18.9 Å². The fourth-order valence-electron chi connectivity index (χ4n) is 6.01. The molecule has 4 heteroatoms.